The molecule has 3 heterocycles. The van der Waals surface area contributed by atoms with Gasteiger partial charge in [-0.05, 0) is 91.3 Å². The summed E-state index contributed by atoms with van der Waals surface area (Å²) in [7, 11) is 0. The van der Waals surface area contributed by atoms with Gasteiger partial charge in [-0.25, -0.2) is 4.98 Å². The van der Waals surface area contributed by atoms with E-state index in [0.29, 0.717) is 22.7 Å². The van der Waals surface area contributed by atoms with E-state index in [-0.39, 0.29) is 59.8 Å². The van der Waals surface area contributed by atoms with Crippen LogP contribution in [-0.4, -0.2) is 14.1 Å². The van der Waals surface area contributed by atoms with Crippen LogP contribution in [0.3, 0.4) is 0 Å². The summed E-state index contributed by atoms with van der Waals surface area (Å²) in [5, 5.41) is 1.67. The normalized spacial score (nSPS) is 14.1. The fraction of sp³-hybridized carbons (Fsp3) is 0.213. The van der Waals surface area contributed by atoms with E-state index < -0.39 is 37.1 Å². The van der Waals surface area contributed by atoms with Crippen LogP contribution in [0.25, 0.3) is 72.3 Å². The van der Waals surface area contributed by atoms with E-state index in [2.05, 4.69) is 146 Å². The van der Waals surface area contributed by atoms with Crippen molar-refractivity contribution in [2.24, 2.45) is 0 Å². The Morgan fingerprint density at radius 2 is 1.31 bits per heavy atom. The van der Waals surface area contributed by atoms with Crippen molar-refractivity contribution in [1.82, 2.24) is 14.1 Å². The third-order valence-electron chi connectivity index (χ3n) is 12.3. The smallest absolute Gasteiger partial charge is 0.268 e. The number of aromatic nitrogens is 4. The Hall–Kier alpha value is -6.55. The fourth-order valence-corrected chi connectivity index (χ4v) is 8.86. The summed E-state index contributed by atoms with van der Waals surface area (Å²) in [5.41, 5.74) is 9.92. The van der Waals surface area contributed by atoms with Gasteiger partial charge in [0.15, 0.2) is 0 Å². The molecule has 0 aliphatic heterocycles. The van der Waals surface area contributed by atoms with Gasteiger partial charge in [0.25, 0.3) is 6.33 Å². The van der Waals surface area contributed by atoms with E-state index in [4.69, 9.17) is 20.7 Å². The van der Waals surface area contributed by atoms with Gasteiger partial charge in [0.05, 0.1) is 23.6 Å². The molecule has 6 heteroatoms. The molecular weight excluding hydrogens is 1000 g/mol. The Bertz CT molecular complexity index is 3810. The first-order valence-corrected chi connectivity index (χ1v) is 22.3. The minimum atomic E-state index is -2.75. The van der Waals surface area contributed by atoms with Gasteiger partial charge in [-0.1, -0.05) is 171 Å². The second-order valence-electron chi connectivity index (χ2n) is 20.0. The summed E-state index contributed by atoms with van der Waals surface area (Å²) in [5.74, 6) is 1.02. The molecule has 5 nitrogen and oxygen atoms in total. The number of para-hydroxylation sites is 2. The van der Waals surface area contributed by atoms with Gasteiger partial charge in [-0.3, -0.25) is 4.57 Å². The van der Waals surface area contributed by atoms with Crippen molar-refractivity contribution < 1.29 is 41.3 Å². The van der Waals surface area contributed by atoms with Crippen molar-refractivity contribution in [1.29, 1.82) is 0 Å². The summed E-state index contributed by atoms with van der Waals surface area (Å²) >= 11 is 0. The monoisotopic (exact) mass is 1060 g/mol. The average molecular weight is 1060 g/mol. The SMILES string of the molecule is [2H]c1c([2H])c([2H])c(-c2cnc(-n3c4[c-]c(Oc5[c-]c(-n6[c-][n+](-c7c(C(C)(C)C)cccc7C(C)(C)C)c7ccc(-c8ccc(C(C)(C)C)cc8)cc76)ccc5)ccc4c4ccccc43)cc2C([2H])([2H])[2H])c([2H])c1[2H].[Pt]. The molecule has 0 atom stereocenters. The Morgan fingerprint density at radius 3 is 2.01 bits per heavy atom. The molecule has 0 aliphatic carbocycles. The van der Waals surface area contributed by atoms with Crippen LogP contribution in [0.2, 0.25) is 0 Å². The number of fused-ring (bicyclic) bond motifs is 4. The largest absolute Gasteiger partial charge is 0.510 e. The fourth-order valence-electron chi connectivity index (χ4n) is 8.86. The van der Waals surface area contributed by atoms with Crippen molar-refractivity contribution in [3.8, 4) is 50.9 Å². The first-order valence-electron chi connectivity index (χ1n) is 26.3. The predicted octanol–water partition coefficient (Wildman–Crippen LogP) is 15.1. The van der Waals surface area contributed by atoms with Crippen LogP contribution in [0.5, 0.6) is 11.5 Å². The third kappa shape index (κ3) is 8.55. The summed E-state index contributed by atoms with van der Waals surface area (Å²) in [6.07, 6.45) is 5.07. The van der Waals surface area contributed by atoms with Crippen LogP contribution in [-0.2, 0) is 37.3 Å². The van der Waals surface area contributed by atoms with Gasteiger partial charge in [0.1, 0.15) is 5.82 Å². The van der Waals surface area contributed by atoms with Crippen molar-refractivity contribution in [3.05, 3.63) is 198 Å². The molecule has 338 valence electrons. The third-order valence-corrected chi connectivity index (χ3v) is 12.3. The molecule has 7 aromatic carbocycles. The number of pyridine rings is 1. The standard InChI is InChI=1S/C61H56N4O.Pt/c1-40-34-57(62-38-50(40)42-18-12-11-13-19-42)65-53-25-15-14-22-48(53)49-32-31-47(37-55(49)65)66-46-21-16-20-45(36-46)63-39-64(58-51(60(5,6)7)23-17-24-52(58)61(8,9)10)54-33-28-43(35-56(54)63)41-26-29-44(30-27-41)59(2,3)4;/h11-35,38H,1-10H3;/q-2;/i1D3,11D,12D,13D,18D,19D;. The molecule has 0 spiro atoms. The Morgan fingerprint density at radius 1 is 0.627 bits per heavy atom. The van der Waals surface area contributed by atoms with Crippen LogP contribution >= 0.6 is 0 Å². The van der Waals surface area contributed by atoms with E-state index in [0.717, 1.165) is 44.1 Å². The van der Waals surface area contributed by atoms with Gasteiger partial charge in [0, 0.05) is 54.0 Å². The second kappa shape index (κ2) is 17.3. The van der Waals surface area contributed by atoms with Gasteiger partial charge < -0.3 is 13.9 Å². The van der Waals surface area contributed by atoms with Gasteiger partial charge in [-0.15, -0.1) is 29.7 Å². The van der Waals surface area contributed by atoms with Crippen LogP contribution in [0.15, 0.2) is 158 Å². The Labute approximate surface area is 421 Å². The molecule has 67 heavy (non-hydrogen) atoms. The number of hydrogen-bond donors (Lipinski definition) is 0. The molecule has 0 fully saturated rings. The molecule has 0 saturated heterocycles. The molecule has 10 aromatic rings. The topological polar surface area (TPSA) is 35.9 Å². The average Bonchev–Trinajstić information content (AvgIpc) is 3.92. The number of ether oxygens (including phenoxy) is 1. The molecule has 10 rings (SSSR count). The van der Waals surface area contributed by atoms with Crippen LogP contribution < -0.4 is 9.30 Å². The maximum Gasteiger partial charge on any atom is 0.268 e. The zero-order valence-corrected chi connectivity index (χ0v) is 41.4. The summed E-state index contributed by atoms with van der Waals surface area (Å²) in [4.78, 5) is 4.72. The molecule has 0 N–H and O–H groups in total. The number of imidazole rings is 1. The summed E-state index contributed by atoms with van der Waals surface area (Å²) in [6, 6.07) is 44.8. The maximum atomic E-state index is 8.64. The molecule has 0 aliphatic rings. The Balaban J connectivity index is 0.00000689. The first kappa shape index (κ1) is 36.6. The van der Waals surface area contributed by atoms with Crippen molar-refractivity contribution in [3.63, 3.8) is 0 Å². The minimum Gasteiger partial charge on any atom is -0.510 e. The van der Waals surface area contributed by atoms with E-state index >= 15 is 0 Å². The van der Waals surface area contributed by atoms with Crippen molar-refractivity contribution >= 4 is 32.8 Å². The molecule has 0 bridgehead atoms. The molecule has 0 amide bonds. The molecule has 0 unspecified atom stereocenters. The molecule has 3 aromatic heterocycles. The number of nitrogens with zero attached hydrogens (tertiary/aromatic N) is 4. The molecular formula is C61H56N4OPt-2. The van der Waals surface area contributed by atoms with Gasteiger partial charge in [-0.2, -0.15) is 18.2 Å². The van der Waals surface area contributed by atoms with Crippen molar-refractivity contribution in [2.45, 2.75) is 85.4 Å². The quantitative estimate of drug-likeness (QED) is 0.118. The molecule has 0 radical (unpaired) electrons. The van der Waals surface area contributed by atoms with Crippen molar-refractivity contribution in [2.75, 3.05) is 0 Å². The number of rotatable bonds is 7. The Kier molecular flexibility index (Phi) is 9.42. The number of hydrogen-bond acceptors (Lipinski definition) is 2. The van der Waals surface area contributed by atoms with E-state index in [9.17, 15) is 0 Å². The van der Waals surface area contributed by atoms with E-state index in [1.54, 1.807) is 4.57 Å². The van der Waals surface area contributed by atoms with Crippen LogP contribution in [0.1, 0.15) is 95.5 Å². The number of benzene rings is 7. The van der Waals surface area contributed by atoms with Crippen LogP contribution in [0.4, 0.5) is 0 Å². The second-order valence-corrected chi connectivity index (χ2v) is 20.0. The predicted molar refractivity (Wildman–Crippen MR) is 272 cm³/mol. The van der Waals surface area contributed by atoms with Crippen LogP contribution in [0, 0.1) is 25.3 Å². The first-order chi connectivity index (χ1) is 34.8. The zero-order chi connectivity index (χ0) is 53.0. The molecule has 0 saturated carbocycles. The summed E-state index contributed by atoms with van der Waals surface area (Å²) < 4.78 is 80.4. The van der Waals surface area contributed by atoms with Gasteiger partial charge >= 0.3 is 0 Å². The maximum absolute atomic E-state index is 8.64. The van der Waals surface area contributed by atoms with E-state index in [1.807, 2.05) is 59.2 Å². The van der Waals surface area contributed by atoms with Gasteiger partial charge in [0.2, 0.25) is 0 Å². The minimum absolute atomic E-state index is 0. The summed E-state index contributed by atoms with van der Waals surface area (Å²) in [6.45, 7) is 17.4. The zero-order valence-electron chi connectivity index (χ0n) is 47.1. The number of aryl methyl sites for hydroxylation is 1. The van der Waals surface area contributed by atoms with E-state index in [1.165, 1.54) is 29.0 Å².